The van der Waals surface area contributed by atoms with Gasteiger partial charge in [-0.1, -0.05) is 33.6 Å². The molecule has 1 atom stereocenters. The van der Waals surface area contributed by atoms with Gasteiger partial charge in [-0.3, -0.25) is 9.59 Å². The highest BCUT2D eigenvalue weighted by atomic mass is 79.9. The summed E-state index contributed by atoms with van der Waals surface area (Å²) in [6, 6.07) is 5.49. The number of nitrogens with one attached hydrogen (secondary N) is 2. The Morgan fingerprint density at radius 2 is 2.28 bits per heavy atom. The minimum absolute atomic E-state index is 0.140. The van der Waals surface area contributed by atoms with Gasteiger partial charge in [-0.2, -0.15) is 0 Å². The molecule has 2 heterocycles. The number of H-pyrrole nitrogens is 1. The molecular weight excluding hydrogens is 406 g/mol. The minimum Gasteiger partial charge on any atom is -0.496 e. The van der Waals surface area contributed by atoms with Crippen LogP contribution in [0.1, 0.15) is 23.5 Å². The summed E-state index contributed by atoms with van der Waals surface area (Å²) < 4.78 is 6.24. The maximum absolute atomic E-state index is 12.7. The third-order valence-corrected chi connectivity index (χ3v) is 5.06. The van der Waals surface area contributed by atoms with E-state index in [0.29, 0.717) is 22.2 Å². The number of anilines is 1. The number of carbonyl (C=O) groups is 1. The summed E-state index contributed by atoms with van der Waals surface area (Å²) >= 11 is 4.66. The van der Waals surface area contributed by atoms with Crippen LogP contribution >= 0.6 is 27.7 Å². The smallest absolute Gasteiger partial charge is 0.257 e. The standard InChI is InChI=1S/C17H14BrN3O3S/c1-3-6-25-17-20-15-14(16(23)21-17)11(8-13(22)19-15)10-7-9(18)4-5-12(10)24-2/h1,4-5,7,11H,6,8H2,2H3,(H2,19,20,21,22,23)/t11-/m1/s1. The molecule has 0 aliphatic carbocycles. The topological polar surface area (TPSA) is 84.1 Å². The van der Waals surface area contributed by atoms with Crippen LogP contribution in [0.5, 0.6) is 5.75 Å². The quantitative estimate of drug-likeness (QED) is 0.452. The van der Waals surface area contributed by atoms with Crippen molar-refractivity contribution in [2.45, 2.75) is 17.5 Å². The second-order valence-corrected chi connectivity index (χ2v) is 7.20. The molecule has 128 valence electrons. The lowest BCUT2D eigenvalue weighted by molar-refractivity contribution is -0.116. The van der Waals surface area contributed by atoms with E-state index in [4.69, 9.17) is 11.2 Å². The van der Waals surface area contributed by atoms with Crippen molar-refractivity contribution in [1.29, 1.82) is 0 Å². The lowest BCUT2D eigenvalue weighted by Crippen LogP contribution is -2.31. The zero-order chi connectivity index (χ0) is 18.0. The van der Waals surface area contributed by atoms with Gasteiger partial charge in [-0.15, -0.1) is 6.42 Å². The van der Waals surface area contributed by atoms with E-state index < -0.39 is 5.92 Å². The van der Waals surface area contributed by atoms with Gasteiger partial charge in [0.25, 0.3) is 5.56 Å². The number of thioether (sulfide) groups is 1. The van der Waals surface area contributed by atoms with Crippen molar-refractivity contribution in [3.8, 4) is 18.1 Å². The second-order valence-electron chi connectivity index (χ2n) is 5.32. The van der Waals surface area contributed by atoms with Gasteiger partial charge in [0.15, 0.2) is 5.16 Å². The predicted octanol–water partition coefficient (Wildman–Crippen LogP) is 2.74. The van der Waals surface area contributed by atoms with Crippen molar-refractivity contribution in [3.63, 3.8) is 0 Å². The first-order chi connectivity index (χ1) is 12.0. The maximum Gasteiger partial charge on any atom is 0.257 e. The molecule has 25 heavy (non-hydrogen) atoms. The number of ether oxygens (including phenoxy) is 1. The van der Waals surface area contributed by atoms with Gasteiger partial charge in [0.2, 0.25) is 5.91 Å². The highest BCUT2D eigenvalue weighted by Crippen LogP contribution is 2.39. The van der Waals surface area contributed by atoms with Crippen LogP contribution in [-0.4, -0.2) is 28.7 Å². The van der Waals surface area contributed by atoms with Crippen molar-refractivity contribution < 1.29 is 9.53 Å². The van der Waals surface area contributed by atoms with Crippen LogP contribution in [-0.2, 0) is 4.79 Å². The lowest BCUT2D eigenvalue weighted by Gasteiger charge is -2.25. The van der Waals surface area contributed by atoms with E-state index in [1.807, 2.05) is 12.1 Å². The van der Waals surface area contributed by atoms with Crippen LogP contribution in [0.2, 0.25) is 0 Å². The largest absolute Gasteiger partial charge is 0.496 e. The summed E-state index contributed by atoms with van der Waals surface area (Å²) in [5.74, 6) is 3.08. The van der Waals surface area contributed by atoms with Crippen molar-refractivity contribution in [1.82, 2.24) is 9.97 Å². The molecule has 1 aromatic carbocycles. The first kappa shape index (κ1) is 17.6. The van der Waals surface area contributed by atoms with E-state index in [2.05, 4.69) is 37.1 Å². The number of nitrogens with zero attached hydrogens (tertiary/aromatic N) is 1. The Balaban J connectivity index is 2.14. The first-order valence-electron chi connectivity index (χ1n) is 7.37. The number of amides is 1. The molecule has 0 radical (unpaired) electrons. The summed E-state index contributed by atoms with van der Waals surface area (Å²) in [6.07, 6.45) is 5.38. The fourth-order valence-electron chi connectivity index (χ4n) is 2.77. The molecule has 1 aliphatic rings. The van der Waals surface area contributed by atoms with Crippen molar-refractivity contribution >= 4 is 39.4 Å². The Labute approximate surface area is 156 Å². The van der Waals surface area contributed by atoms with Crippen LogP contribution in [0.15, 0.2) is 32.6 Å². The van der Waals surface area contributed by atoms with Gasteiger partial charge >= 0.3 is 0 Å². The molecule has 1 amide bonds. The molecule has 0 spiro atoms. The average Bonchev–Trinajstić information content (AvgIpc) is 2.58. The van der Waals surface area contributed by atoms with Crippen LogP contribution in [0.4, 0.5) is 5.82 Å². The zero-order valence-corrected chi connectivity index (χ0v) is 15.7. The molecule has 0 saturated heterocycles. The number of hydrogen-bond donors (Lipinski definition) is 2. The first-order valence-corrected chi connectivity index (χ1v) is 9.15. The predicted molar refractivity (Wildman–Crippen MR) is 100 cm³/mol. The lowest BCUT2D eigenvalue weighted by atomic mass is 9.86. The van der Waals surface area contributed by atoms with Gasteiger partial charge in [0.1, 0.15) is 11.6 Å². The molecule has 6 nitrogen and oxygen atoms in total. The third-order valence-electron chi connectivity index (χ3n) is 3.79. The molecule has 1 aliphatic heterocycles. The molecule has 0 saturated carbocycles. The van der Waals surface area contributed by atoms with Gasteiger partial charge in [-0.25, -0.2) is 4.98 Å². The van der Waals surface area contributed by atoms with E-state index >= 15 is 0 Å². The number of aromatic nitrogens is 2. The van der Waals surface area contributed by atoms with Gasteiger partial charge in [0.05, 0.1) is 18.4 Å². The summed E-state index contributed by atoms with van der Waals surface area (Å²) in [7, 11) is 1.55. The number of rotatable bonds is 4. The summed E-state index contributed by atoms with van der Waals surface area (Å²) in [6.45, 7) is 0. The van der Waals surface area contributed by atoms with E-state index in [-0.39, 0.29) is 23.7 Å². The summed E-state index contributed by atoms with van der Waals surface area (Å²) in [5, 5.41) is 3.06. The molecule has 1 aromatic heterocycles. The monoisotopic (exact) mass is 419 g/mol. The van der Waals surface area contributed by atoms with Crippen LogP contribution in [0.3, 0.4) is 0 Å². The van der Waals surface area contributed by atoms with E-state index in [1.165, 1.54) is 11.8 Å². The van der Waals surface area contributed by atoms with Crippen molar-refractivity contribution in [2.75, 3.05) is 18.2 Å². The summed E-state index contributed by atoms with van der Waals surface area (Å²) in [4.78, 5) is 31.9. The number of halogens is 1. The van der Waals surface area contributed by atoms with Gasteiger partial charge in [0, 0.05) is 22.4 Å². The second kappa shape index (κ2) is 7.33. The highest BCUT2D eigenvalue weighted by molar-refractivity contribution is 9.10. The van der Waals surface area contributed by atoms with E-state index in [9.17, 15) is 9.59 Å². The maximum atomic E-state index is 12.7. The number of carbonyl (C=O) groups excluding carboxylic acids is 1. The fourth-order valence-corrected chi connectivity index (χ4v) is 3.69. The molecule has 2 aromatic rings. The van der Waals surface area contributed by atoms with Gasteiger partial charge < -0.3 is 15.0 Å². The Morgan fingerprint density at radius 3 is 3.00 bits per heavy atom. The van der Waals surface area contributed by atoms with Crippen LogP contribution < -0.4 is 15.6 Å². The molecule has 0 fully saturated rings. The number of fused-ring (bicyclic) bond motifs is 1. The molecule has 2 N–H and O–H groups in total. The average molecular weight is 420 g/mol. The van der Waals surface area contributed by atoms with Crippen LogP contribution in [0.25, 0.3) is 0 Å². The van der Waals surface area contributed by atoms with Crippen molar-refractivity contribution in [2.24, 2.45) is 0 Å². The fraction of sp³-hybridized carbons (Fsp3) is 0.235. The molecular formula is C17H14BrN3O3S. The Morgan fingerprint density at radius 1 is 1.48 bits per heavy atom. The van der Waals surface area contributed by atoms with E-state index in [0.717, 1.165) is 10.0 Å². The molecule has 3 rings (SSSR count). The van der Waals surface area contributed by atoms with Crippen molar-refractivity contribution in [3.05, 3.63) is 44.2 Å². The number of terminal acetylenes is 1. The molecule has 0 bridgehead atoms. The Hall–Kier alpha value is -2.24. The molecule has 8 heteroatoms. The molecule has 0 unspecified atom stereocenters. The number of aromatic amines is 1. The summed E-state index contributed by atoms with van der Waals surface area (Å²) in [5.41, 5.74) is 0.877. The van der Waals surface area contributed by atoms with E-state index in [1.54, 1.807) is 13.2 Å². The highest BCUT2D eigenvalue weighted by Gasteiger charge is 2.32. The van der Waals surface area contributed by atoms with Crippen LogP contribution in [0, 0.1) is 12.3 Å². The SMILES string of the molecule is C#CCSc1nc2c(c(=O)[nH]1)[C@@H](c1cc(Br)ccc1OC)CC(=O)N2. The normalized spacial score (nSPS) is 15.9. The Bertz CT molecular complexity index is 936. The Kier molecular flexibility index (Phi) is 5.16. The zero-order valence-electron chi connectivity index (χ0n) is 13.3. The van der Waals surface area contributed by atoms with Gasteiger partial charge in [-0.05, 0) is 18.2 Å². The number of benzene rings is 1. The minimum atomic E-state index is -0.445. The number of hydrogen-bond acceptors (Lipinski definition) is 5. The third kappa shape index (κ3) is 3.57. The number of methoxy groups -OCH3 is 1.